The maximum Gasteiger partial charge on any atom is 0.258 e. The van der Waals surface area contributed by atoms with Gasteiger partial charge in [0.1, 0.15) is 0 Å². The smallest absolute Gasteiger partial charge is 0.258 e. The zero-order chi connectivity index (χ0) is 14.7. The third kappa shape index (κ3) is 3.17. The molecule has 0 fully saturated rings. The predicted molar refractivity (Wildman–Crippen MR) is 83.4 cm³/mol. The van der Waals surface area contributed by atoms with Gasteiger partial charge in [-0.05, 0) is 52.7 Å². The van der Waals surface area contributed by atoms with E-state index in [0.29, 0.717) is 18.3 Å². The van der Waals surface area contributed by atoms with Gasteiger partial charge in [-0.25, -0.2) is 0 Å². The largest absolute Gasteiger partial charge is 0.334 e. The van der Waals surface area contributed by atoms with Crippen LogP contribution >= 0.6 is 15.9 Å². The minimum Gasteiger partial charge on any atom is -0.334 e. The molecule has 2 aromatic heterocycles. The first-order valence-electron chi connectivity index (χ1n) is 6.50. The van der Waals surface area contributed by atoms with E-state index in [9.17, 15) is 0 Å². The van der Waals surface area contributed by atoms with E-state index in [1.54, 1.807) is 12.4 Å². The van der Waals surface area contributed by atoms with E-state index in [2.05, 4.69) is 31.1 Å². The van der Waals surface area contributed by atoms with Gasteiger partial charge in [-0.3, -0.25) is 4.98 Å². The average Bonchev–Trinajstić information content (AvgIpc) is 2.98. The molecule has 5 nitrogen and oxygen atoms in total. The van der Waals surface area contributed by atoms with Crippen LogP contribution in [0.1, 0.15) is 5.56 Å². The summed E-state index contributed by atoms with van der Waals surface area (Å²) in [6, 6.07) is 9.85. The molecule has 3 rings (SSSR count). The molecule has 0 aliphatic heterocycles. The van der Waals surface area contributed by atoms with Crippen LogP contribution in [0.4, 0.5) is 0 Å². The molecular formula is C15H13BrN4O. The second-order valence-corrected chi connectivity index (χ2v) is 5.47. The number of nitrogens with zero attached hydrogens (tertiary/aromatic N) is 3. The number of aromatic nitrogens is 3. The Kier molecular flexibility index (Phi) is 4.08. The molecule has 0 radical (unpaired) electrons. The molecule has 106 valence electrons. The summed E-state index contributed by atoms with van der Waals surface area (Å²) in [7, 11) is 0. The Labute approximate surface area is 130 Å². The van der Waals surface area contributed by atoms with Gasteiger partial charge in [0, 0.05) is 28.0 Å². The van der Waals surface area contributed by atoms with E-state index in [1.807, 2.05) is 30.3 Å². The van der Waals surface area contributed by atoms with Crippen molar-refractivity contribution in [2.45, 2.75) is 6.42 Å². The van der Waals surface area contributed by atoms with Gasteiger partial charge in [0.2, 0.25) is 5.82 Å². The Morgan fingerprint density at radius 2 is 2.05 bits per heavy atom. The molecule has 0 atom stereocenters. The third-order valence-corrected chi connectivity index (χ3v) is 3.43. The fourth-order valence-electron chi connectivity index (χ4n) is 2.02. The summed E-state index contributed by atoms with van der Waals surface area (Å²) in [5, 5.41) is 4.01. The quantitative estimate of drug-likeness (QED) is 0.786. The van der Waals surface area contributed by atoms with Crippen molar-refractivity contribution in [3.8, 4) is 22.8 Å². The number of pyridine rings is 1. The molecule has 1 aromatic carbocycles. The molecule has 21 heavy (non-hydrogen) atoms. The van der Waals surface area contributed by atoms with Gasteiger partial charge in [0.05, 0.1) is 0 Å². The summed E-state index contributed by atoms with van der Waals surface area (Å²) in [4.78, 5) is 8.52. The minimum absolute atomic E-state index is 0.490. The van der Waals surface area contributed by atoms with Crippen LogP contribution in [0.2, 0.25) is 0 Å². The number of hydrogen-bond acceptors (Lipinski definition) is 5. The zero-order valence-electron chi connectivity index (χ0n) is 11.2. The molecular weight excluding hydrogens is 332 g/mol. The fourth-order valence-corrected chi connectivity index (χ4v) is 2.38. The van der Waals surface area contributed by atoms with Crippen molar-refractivity contribution >= 4 is 15.9 Å². The van der Waals surface area contributed by atoms with Gasteiger partial charge in [0.15, 0.2) is 0 Å². The number of hydrogen-bond donors (Lipinski definition) is 1. The lowest BCUT2D eigenvalue weighted by Gasteiger charge is -2.00. The molecule has 0 bridgehead atoms. The van der Waals surface area contributed by atoms with Crippen molar-refractivity contribution < 1.29 is 4.52 Å². The van der Waals surface area contributed by atoms with Crippen LogP contribution in [-0.4, -0.2) is 21.7 Å². The maximum absolute atomic E-state index is 5.58. The van der Waals surface area contributed by atoms with Crippen LogP contribution in [0.25, 0.3) is 22.8 Å². The lowest BCUT2D eigenvalue weighted by Crippen LogP contribution is -2.02. The Bertz CT molecular complexity index is 757. The topological polar surface area (TPSA) is 77.8 Å². The van der Waals surface area contributed by atoms with Gasteiger partial charge >= 0.3 is 0 Å². The van der Waals surface area contributed by atoms with Gasteiger partial charge in [-0.2, -0.15) is 4.98 Å². The predicted octanol–water partition coefficient (Wildman–Crippen LogP) is 3.06. The highest BCUT2D eigenvalue weighted by Crippen LogP contribution is 2.24. The molecule has 0 aliphatic rings. The summed E-state index contributed by atoms with van der Waals surface area (Å²) in [6.07, 6.45) is 4.23. The zero-order valence-corrected chi connectivity index (χ0v) is 12.7. The SMILES string of the molecule is NCCc1cccc(-c2nc(-c3cncc(Br)c3)no2)c1. The first kappa shape index (κ1) is 13.9. The molecule has 0 spiro atoms. The molecule has 6 heteroatoms. The second kappa shape index (κ2) is 6.15. The van der Waals surface area contributed by atoms with Gasteiger partial charge in [0.25, 0.3) is 5.89 Å². The highest BCUT2D eigenvalue weighted by atomic mass is 79.9. The van der Waals surface area contributed by atoms with E-state index in [0.717, 1.165) is 27.6 Å². The number of nitrogens with two attached hydrogens (primary N) is 1. The second-order valence-electron chi connectivity index (χ2n) is 4.55. The van der Waals surface area contributed by atoms with E-state index in [-0.39, 0.29) is 0 Å². The number of rotatable bonds is 4. The van der Waals surface area contributed by atoms with E-state index in [4.69, 9.17) is 10.3 Å². The third-order valence-electron chi connectivity index (χ3n) is 3.00. The first-order chi connectivity index (χ1) is 10.3. The molecule has 0 saturated carbocycles. The Hall–Kier alpha value is -2.05. The summed E-state index contributed by atoms with van der Waals surface area (Å²) in [5.41, 5.74) is 8.43. The first-order valence-corrected chi connectivity index (χ1v) is 7.29. The molecule has 0 saturated heterocycles. The lowest BCUT2D eigenvalue weighted by atomic mass is 10.1. The van der Waals surface area contributed by atoms with Gasteiger partial charge in [-0.1, -0.05) is 17.3 Å². The Balaban J connectivity index is 1.93. The molecule has 3 aromatic rings. The monoisotopic (exact) mass is 344 g/mol. The van der Waals surface area contributed by atoms with Crippen LogP contribution in [0.15, 0.2) is 51.7 Å². The molecule has 2 heterocycles. The molecule has 0 amide bonds. The van der Waals surface area contributed by atoms with Crippen LogP contribution < -0.4 is 5.73 Å². The Morgan fingerprint density at radius 1 is 1.14 bits per heavy atom. The lowest BCUT2D eigenvalue weighted by molar-refractivity contribution is 0.432. The summed E-state index contributed by atoms with van der Waals surface area (Å²) >= 11 is 3.38. The fraction of sp³-hybridized carbons (Fsp3) is 0.133. The standard InChI is InChI=1S/C15H13BrN4O/c16-13-7-12(8-18-9-13)14-19-15(21-20-14)11-3-1-2-10(6-11)4-5-17/h1-3,6-9H,4-5,17H2. The van der Waals surface area contributed by atoms with Crippen molar-refractivity contribution in [1.82, 2.24) is 15.1 Å². The van der Waals surface area contributed by atoms with Crippen LogP contribution in [0.5, 0.6) is 0 Å². The highest BCUT2D eigenvalue weighted by Gasteiger charge is 2.11. The molecule has 2 N–H and O–H groups in total. The number of benzene rings is 1. The van der Waals surface area contributed by atoms with E-state index < -0.39 is 0 Å². The normalized spacial score (nSPS) is 10.8. The number of halogens is 1. The van der Waals surface area contributed by atoms with Crippen molar-refractivity contribution in [2.24, 2.45) is 5.73 Å². The van der Waals surface area contributed by atoms with E-state index >= 15 is 0 Å². The van der Waals surface area contributed by atoms with Crippen molar-refractivity contribution in [2.75, 3.05) is 6.54 Å². The molecule has 0 unspecified atom stereocenters. The van der Waals surface area contributed by atoms with Crippen molar-refractivity contribution in [3.05, 3.63) is 52.8 Å². The summed E-state index contributed by atoms with van der Waals surface area (Å²) < 4.78 is 6.21. The van der Waals surface area contributed by atoms with Gasteiger partial charge in [-0.15, -0.1) is 0 Å². The van der Waals surface area contributed by atoms with E-state index in [1.165, 1.54) is 0 Å². The van der Waals surface area contributed by atoms with Crippen LogP contribution in [0.3, 0.4) is 0 Å². The van der Waals surface area contributed by atoms with Gasteiger partial charge < -0.3 is 10.3 Å². The molecule has 0 aliphatic carbocycles. The average molecular weight is 345 g/mol. The maximum atomic E-state index is 5.58. The minimum atomic E-state index is 0.490. The Morgan fingerprint density at radius 3 is 2.86 bits per heavy atom. The summed E-state index contributed by atoms with van der Waals surface area (Å²) in [5.74, 6) is 1.01. The highest BCUT2D eigenvalue weighted by molar-refractivity contribution is 9.10. The van der Waals surface area contributed by atoms with Crippen LogP contribution in [-0.2, 0) is 6.42 Å². The van der Waals surface area contributed by atoms with Crippen molar-refractivity contribution in [1.29, 1.82) is 0 Å². The summed E-state index contributed by atoms with van der Waals surface area (Å²) in [6.45, 7) is 0.613. The van der Waals surface area contributed by atoms with Crippen LogP contribution in [0, 0.1) is 0 Å². The van der Waals surface area contributed by atoms with Crippen molar-refractivity contribution in [3.63, 3.8) is 0 Å².